The molecular weight excluding hydrogens is 294 g/mol. The second kappa shape index (κ2) is 5.35. The van der Waals surface area contributed by atoms with Crippen molar-refractivity contribution in [1.29, 1.82) is 0 Å². The van der Waals surface area contributed by atoms with Crippen molar-refractivity contribution in [3.63, 3.8) is 0 Å². The molecule has 0 aliphatic heterocycles. The average molecular weight is 306 g/mol. The molecule has 5 N–H and O–H groups in total. The van der Waals surface area contributed by atoms with Crippen LogP contribution in [0.2, 0.25) is 0 Å². The van der Waals surface area contributed by atoms with Gasteiger partial charge in [0.25, 0.3) is 0 Å². The Balaban J connectivity index is 1.91. The zero-order valence-electron chi connectivity index (χ0n) is 11.2. The van der Waals surface area contributed by atoms with Gasteiger partial charge in [0, 0.05) is 17.8 Å². The molecule has 114 valence electrons. The van der Waals surface area contributed by atoms with Gasteiger partial charge >= 0.3 is 6.61 Å². The number of benzene rings is 1. The quantitative estimate of drug-likeness (QED) is 0.683. The van der Waals surface area contributed by atoms with Crippen LogP contribution in [0.1, 0.15) is 0 Å². The average Bonchev–Trinajstić information content (AvgIpc) is 2.81. The Morgan fingerprint density at radius 1 is 1.23 bits per heavy atom. The lowest BCUT2D eigenvalue weighted by atomic mass is 10.3. The van der Waals surface area contributed by atoms with Crippen molar-refractivity contribution in [2.45, 2.75) is 6.61 Å². The van der Waals surface area contributed by atoms with Gasteiger partial charge in [-0.15, -0.1) is 5.10 Å². The third-order valence-electron chi connectivity index (χ3n) is 2.85. The standard InChI is InChI=1S/C13H12F2N6O/c14-13(15)22-8-3-1-2-7(4-8)19-11-5-9(16)12-18-6-10(17)21(12)20-11/h1-6,13H,16-17H2,(H,19,20). The van der Waals surface area contributed by atoms with Crippen LogP contribution >= 0.6 is 0 Å². The topological polar surface area (TPSA) is 103 Å². The Hall–Kier alpha value is -3.10. The number of nitrogens with one attached hydrogen (secondary N) is 1. The number of ether oxygens (including phenoxy) is 1. The molecule has 7 nitrogen and oxygen atoms in total. The number of nitrogens with zero attached hydrogens (tertiary/aromatic N) is 3. The number of halogens is 2. The van der Waals surface area contributed by atoms with Crippen molar-refractivity contribution in [3.05, 3.63) is 36.5 Å². The maximum atomic E-state index is 12.2. The van der Waals surface area contributed by atoms with Crippen LogP contribution in [0.4, 0.5) is 31.8 Å². The van der Waals surface area contributed by atoms with Gasteiger partial charge in [-0.1, -0.05) is 6.07 Å². The minimum absolute atomic E-state index is 0.0381. The first-order chi connectivity index (χ1) is 10.5. The maximum absolute atomic E-state index is 12.2. The molecule has 3 aromatic rings. The van der Waals surface area contributed by atoms with Crippen LogP contribution in [-0.4, -0.2) is 21.2 Å². The van der Waals surface area contributed by atoms with E-state index in [2.05, 4.69) is 20.1 Å². The van der Waals surface area contributed by atoms with E-state index in [0.29, 0.717) is 28.7 Å². The Kier molecular flexibility index (Phi) is 3.37. The van der Waals surface area contributed by atoms with E-state index in [-0.39, 0.29) is 5.75 Å². The number of rotatable bonds is 4. The van der Waals surface area contributed by atoms with Gasteiger partial charge in [0.1, 0.15) is 11.6 Å². The van der Waals surface area contributed by atoms with E-state index < -0.39 is 6.61 Å². The van der Waals surface area contributed by atoms with E-state index in [1.54, 1.807) is 18.2 Å². The minimum Gasteiger partial charge on any atom is -0.435 e. The fourth-order valence-corrected chi connectivity index (χ4v) is 1.97. The highest BCUT2D eigenvalue weighted by Crippen LogP contribution is 2.24. The van der Waals surface area contributed by atoms with Crippen LogP contribution in [0.15, 0.2) is 36.5 Å². The minimum atomic E-state index is -2.88. The van der Waals surface area contributed by atoms with Gasteiger partial charge in [0.05, 0.1) is 11.9 Å². The largest absolute Gasteiger partial charge is 0.435 e. The smallest absolute Gasteiger partial charge is 0.387 e. The second-order valence-electron chi connectivity index (χ2n) is 4.43. The number of nitrogens with two attached hydrogens (primary N) is 2. The molecule has 0 bridgehead atoms. The first-order valence-corrected chi connectivity index (χ1v) is 6.24. The van der Waals surface area contributed by atoms with E-state index in [1.807, 2.05) is 0 Å². The molecule has 0 saturated heterocycles. The second-order valence-corrected chi connectivity index (χ2v) is 4.43. The highest BCUT2D eigenvalue weighted by Gasteiger charge is 2.09. The number of aromatic nitrogens is 3. The van der Waals surface area contributed by atoms with Gasteiger partial charge in [-0.05, 0) is 12.1 Å². The molecule has 0 atom stereocenters. The number of nitrogen functional groups attached to an aromatic ring is 2. The molecule has 1 aromatic carbocycles. The molecule has 0 aliphatic rings. The van der Waals surface area contributed by atoms with Gasteiger partial charge in [0.2, 0.25) is 0 Å². The summed E-state index contributed by atoms with van der Waals surface area (Å²) in [6.45, 7) is -2.88. The van der Waals surface area contributed by atoms with Gasteiger partial charge in [-0.25, -0.2) is 4.98 Å². The molecule has 0 aliphatic carbocycles. The third kappa shape index (κ3) is 2.68. The predicted octanol–water partition coefficient (Wildman–Crippen LogP) is 2.24. The Labute approximate surface area is 123 Å². The number of fused-ring (bicyclic) bond motifs is 1. The first-order valence-electron chi connectivity index (χ1n) is 6.24. The van der Waals surface area contributed by atoms with Crippen LogP contribution in [0.3, 0.4) is 0 Å². The van der Waals surface area contributed by atoms with Gasteiger partial charge < -0.3 is 21.5 Å². The molecule has 22 heavy (non-hydrogen) atoms. The summed E-state index contributed by atoms with van der Waals surface area (Å²) in [4.78, 5) is 4.03. The lowest BCUT2D eigenvalue weighted by Crippen LogP contribution is -2.05. The SMILES string of the molecule is Nc1cc(Nc2cccc(OC(F)F)c2)nn2c(N)cnc12. The summed E-state index contributed by atoms with van der Waals surface area (Å²) < 4.78 is 30.2. The normalized spacial score (nSPS) is 11.0. The van der Waals surface area contributed by atoms with Crippen LogP contribution in [0.5, 0.6) is 5.75 Å². The molecule has 0 fully saturated rings. The fourth-order valence-electron chi connectivity index (χ4n) is 1.97. The third-order valence-corrected chi connectivity index (χ3v) is 2.85. The number of anilines is 4. The number of imidazole rings is 1. The molecule has 2 heterocycles. The van der Waals surface area contributed by atoms with E-state index in [9.17, 15) is 8.78 Å². The van der Waals surface area contributed by atoms with Crippen LogP contribution in [0, 0.1) is 0 Å². The molecule has 9 heteroatoms. The molecule has 3 rings (SSSR count). The molecule has 0 spiro atoms. The summed E-state index contributed by atoms with van der Waals surface area (Å²) in [5.41, 5.74) is 13.0. The van der Waals surface area contributed by atoms with E-state index >= 15 is 0 Å². The molecule has 2 aromatic heterocycles. The summed E-state index contributed by atoms with van der Waals surface area (Å²) in [6, 6.07) is 7.68. The Bertz CT molecular complexity index is 819. The van der Waals surface area contributed by atoms with Crippen molar-refractivity contribution < 1.29 is 13.5 Å². The van der Waals surface area contributed by atoms with Crippen LogP contribution < -0.4 is 21.5 Å². The number of alkyl halides is 2. The van der Waals surface area contributed by atoms with Crippen molar-refractivity contribution in [1.82, 2.24) is 14.6 Å². The molecule has 0 radical (unpaired) electrons. The first kappa shape index (κ1) is 13.9. The summed E-state index contributed by atoms with van der Waals surface area (Å²) in [5, 5.41) is 7.18. The number of hydrogen-bond donors (Lipinski definition) is 3. The van der Waals surface area contributed by atoms with E-state index in [4.69, 9.17) is 11.5 Å². The van der Waals surface area contributed by atoms with Crippen LogP contribution in [-0.2, 0) is 0 Å². The summed E-state index contributed by atoms with van der Waals surface area (Å²) in [5.74, 6) is 0.764. The van der Waals surface area contributed by atoms with Crippen molar-refractivity contribution in [3.8, 4) is 5.75 Å². The molecule has 0 saturated carbocycles. The van der Waals surface area contributed by atoms with Crippen LogP contribution in [0.25, 0.3) is 5.65 Å². The monoisotopic (exact) mass is 306 g/mol. The summed E-state index contributed by atoms with van der Waals surface area (Å²) in [6.07, 6.45) is 1.44. The highest BCUT2D eigenvalue weighted by atomic mass is 19.3. The lowest BCUT2D eigenvalue weighted by Gasteiger charge is -2.10. The molecule has 0 unspecified atom stereocenters. The molecule has 0 amide bonds. The van der Waals surface area contributed by atoms with E-state index in [0.717, 1.165) is 0 Å². The van der Waals surface area contributed by atoms with Gasteiger partial charge in [-0.3, -0.25) is 0 Å². The lowest BCUT2D eigenvalue weighted by molar-refractivity contribution is -0.0497. The fraction of sp³-hybridized carbons (Fsp3) is 0.0769. The van der Waals surface area contributed by atoms with Gasteiger partial charge in [0.15, 0.2) is 11.5 Å². The zero-order valence-corrected chi connectivity index (χ0v) is 11.2. The summed E-state index contributed by atoms with van der Waals surface area (Å²) >= 11 is 0. The van der Waals surface area contributed by atoms with Crippen molar-refractivity contribution >= 4 is 28.7 Å². The Morgan fingerprint density at radius 2 is 2.05 bits per heavy atom. The Morgan fingerprint density at radius 3 is 2.82 bits per heavy atom. The number of hydrogen-bond acceptors (Lipinski definition) is 6. The van der Waals surface area contributed by atoms with Crippen molar-refractivity contribution in [2.24, 2.45) is 0 Å². The van der Waals surface area contributed by atoms with E-state index in [1.165, 1.54) is 22.8 Å². The highest BCUT2D eigenvalue weighted by molar-refractivity contribution is 5.71. The molecular formula is C13H12F2N6O. The summed E-state index contributed by atoms with van der Waals surface area (Å²) in [7, 11) is 0. The zero-order chi connectivity index (χ0) is 15.7. The maximum Gasteiger partial charge on any atom is 0.387 e. The predicted molar refractivity (Wildman–Crippen MR) is 78.2 cm³/mol. The van der Waals surface area contributed by atoms with Crippen molar-refractivity contribution in [2.75, 3.05) is 16.8 Å². The van der Waals surface area contributed by atoms with Gasteiger partial charge in [-0.2, -0.15) is 13.3 Å².